The van der Waals surface area contributed by atoms with Crippen molar-refractivity contribution in [1.82, 2.24) is 4.57 Å². The quantitative estimate of drug-likeness (QED) is 0.579. The molecule has 8 heteroatoms. The lowest BCUT2D eigenvalue weighted by Crippen LogP contribution is -2.32. The minimum Gasteiger partial charge on any atom is -0.506 e. The van der Waals surface area contributed by atoms with Crippen LogP contribution in [0, 0.1) is 0 Å². The first-order valence-electron chi connectivity index (χ1n) is 9.90. The first-order valence-corrected chi connectivity index (χ1v) is 11.5. The average Bonchev–Trinajstić information content (AvgIpc) is 2.80. The number of aromatic nitrogens is 1. The normalized spacial score (nSPS) is 16.8. The standard InChI is InChI=1S/C18H16N3O4P.2C2H6/c1-21-13-9-5-3-7-11(13)16(22)15(18(21)23)17-19-12-8-4-6-10-14(12)26(24,20-17)25-2;2*1-2/h3-10,22H,1-2H3,(H,19,20,24);2*1-2H3. The Hall–Kier alpha value is -2.89. The smallest absolute Gasteiger partial charge is 0.348 e. The number of rotatable bonds is 2. The third-order valence-corrected chi connectivity index (χ3v) is 6.41. The summed E-state index contributed by atoms with van der Waals surface area (Å²) in [6.07, 6.45) is 0. The zero-order valence-corrected chi connectivity index (χ0v) is 19.0. The highest BCUT2D eigenvalue weighted by atomic mass is 31.2. The number of anilines is 1. The van der Waals surface area contributed by atoms with E-state index in [0.717, 1.165) is 0 Å². The Kier molecular flexibility index (Phi) is 7.59. The maximum Gasteiger partial charge on any atom is 0.348 e. The molecule has 0 spiro atoms. The van der Waals surface area contributed by atoms with Crippen LogP contribution in [0.1, 0.15) is 33.3 Å². The number of aryl methyl sites for hydroxylation is 1. The lowest BCUT2D eigenvalue weighted by Gasteiger charge is -2.24. The van der Waals surface area contributed by atoms with Crippen LogP contribution in [0.15, 0.2) is 58.1 Å². The van der Waals surface area contributed by atoms with Crippen molar-refractivity contribution in [2.45, 2.75) is 27.7 Å². The minimum atomic E-state index is -3.55. The van der Waals surface area contributed by atoms with Crippen LogP contribution < -0.4 is 16.2 Å². The van der Waals surface area contributed by atoms with E-state index in [1.807, 2.05) is 27.7 Å². The fraction of sp³-hybridized carbons (Fsp3) is 0.273. The first kappa shape index (κ1) is 23.4. The Bertz CT molecular complexity index is 1180. The highest BCUT2D eigenvalue weighted by molar-refractivity contribution is 7.66. The van der Waals surface area contributed by atoms with Gasteiger partial charge < -0.3 is 19.5 Å². The summed E-state index contributed by atoms with van der Waals surface area (Å²) in [5.41, 5.74) is 0.621. The summed E-state index contributed by atoms with van der Waals surface area (Å²) in [7, 11) is -0.635. The molecule has 7 nitrogen and oxygen atoms in total. The summed E-state index contributed by atoms with van der Waals surface area (Å²) in [6.45, 7) is 8.00. The number of pyridine rings is 1. The molecule has 30 heavy (non-hydrogen) atoms. The second-order valence-corrected chi connectivity index (χ2v) is 7.99. The van der Waals surface area contributed by atoms with Gasteiger partial charge in [-0.05, 0) is 24.3 Å². The molecule has 0 radical (unpaired) electrons. The van der Waals surface area contributed by atoms with Crippen LogP contribution in [0.3, 0.4) is 0 Å². The molecule has 0 fully saturated rings. The van der Waals surface area contributed by atoms with Gasteiger partial charge in [0, 0.05) is 19.5 Å². The zero-order chi connectivity index (χ0) is 22.5. The SMILES string of the molecule is CC.CC.COP1(=O)N=C(c2c(O)c3ccccc3n(C)c2=O)Nc2ccccc21. The molecule has 0 bridgehead atoms. The van der Waals surface area contributed by atoms with Crippen molar-refractivity contribution in [3.63, 3.8) is 0 Å². The molecule has 3 aromatic rings. The number of para-hydroxylation sites is 2. The predicted octanol–water partition coefficient (Wildman–Crippen LogP) is 4.63. The van der Waals surface area contributed by atoms with Crippen LogP contribution in [0.25, 0.3) is 10.9 Å². The molecular weight excluding hydrogens is 401 g/mol. The van der Waals surface area contributed by atoms with Gasteiger partial charge >= 0.3 is 7.52 Å². The lowest BCUT2D eigenvalue weighted by molar-refractivity contribution is 0.404. The Balaban J connectivity index is 0.000000757. The van der Waals surface area contributed by atoms with Gasteiger partial charge in [0.15, 0.2) is 5.84 Å². The molecule has 1 aliphatic heterocycles. The molecule has 0 aliphatic carbocycles. The number of nitrogens with one attached hydrogen (secondary N) is 1. The maximum atomic E-state index is 13.1. The summed E-state index contributed by atoms with van der Waals surface area (Å²) in [4.78, 5) is 12.9. The summed E-state index contributed by atoms with van der Waals surface area (Å²) in [5, 5.41) is 14.7. The van der Waals surface area contributed by atoms with Crippen molar-refractivity contribution < 1.29 is 14.2 Å². The number of amidine groups is 1. The van der Waals surface area contributed by atoms with E-state index >= 15 is 0 Å². The minimum absolute atomic E-state index is 0.0257. The van der Waals surface area contributed by atoms with Crippen LogP contribution in [0.5, 0.6) is 5.75 Å². The molecule has 4 rings (SSSR count). The van der Waals surface area contributed by atoms with E-state index in [1.54, 1.807) is 55.6 Å². The van der Waals surface area contributed by atoms with Gasteiger partial charge in [0.05, 0.1) is 16.5 Å². The van der Waals surface area contributed by atoms with E-state index in [9.17, 15) is 14.5 Å². The average molecular weight is 429 g/mol. The molecule has 0 saturated heterocycles. The van der Waals surface area contributed by atoms with Crippen LogP contribution in [0.4, 0.5) is 5.69 Å². The fourth-order valence-electron chi connectivity index (χ4n) is 3.11. The monoisotopic (exact) mass is 429 g/mol. The van der Waals surface area contributed by atoms with Crippen LogP contribution in [-0.2, 0) is 16.1 Å². The van der Waals surface area contributed by atoms with E-state index in [1.165, 1.54) is 11.7 Å². The number of hydrogen-bond acceptors (Lipinski definition) is 5. The van der Waals surface area contributed by atoms with Gasteiger partial charge in [0.2, 0.25) is 0 Å². The fourth-order valence-corrected chi connectivity index (χ4v) is 4.62. The van der Waals surface area contributed by atoms with Gasteiger partial charge in [-0.25, -0.2) is 0 Å². The highest BCUT2D eigenvalue weighted by Gasteiger charge is 2.34. The van der Waals surface area contributed by atoms with Crippen molar-refractivity contribution in [1.29, 1.82) is 0 Å². The van der Waals surface area contributed by atoms with Gasteiger partial charge in [-0.2, -0.15) is 4.76 Å². The molecule has 2 heterocycles. The number of aromatic hydroxyl groups is 1. The number of hydrogen-bond donors (Lipinski definition) is 2. The van der Waals surface area contributed by atoms with Crippen molar-refractivity contribution in [3.05, 3.63) is 64.4 Å². The topological polar surface area (TPSA) is 92.9 Å². The van der Waals surface area contributed by atoms with Crippen molar-refractivity contribution >= 4 is 35.3 Å². The summed E-state index contributed by atoms with van der Waals surface area (Å²) >= 11 is 0. The van der Waals surface area contributed by atoms with Crippen molar-refractivity contribution in [2.75, 3.05) is 12.4 Å². The molecule has 1 unspecified atom stereocenters. The van der Waals surface area contributed by atoms with E-state index in [2.05, 4.69) is 10.1 Å². The molecule has 160 valence electrons. The molecule has 0 saturated carbocycles. The largest absolute Gasteiger partial charge is 0.506 e. The van der Waals surface area contributed by atoms with E-state index in [0.29, 0.717) is 21.9 Å². The predicted molar refractivity (Wildman–Crippen MR) is 124 cm³/mol. The highest BCUT2D eigenvalue weighted by Crippen LogP contribution is 2.51. The lowest BCUT2D eigenvalue weighted by atomic mass is 10.1. The van der Waals surface area contributed by atoms with Gasteiger partial charge in [-0.3, -0.25) is 9.36 Å². The third-order valence-electron chi connectivity index (χ3n) is 4.45. The Morgan fingerprint density at radius 2 is 1.63 bits per heavy atom. The Morgan fingerprint density at radius 3 is 2.30 bits per heavy atom. The molecule has 2 aromatic carbocycles. The van der Waals surface area contributed by atoms with Gasteiger partial charge in [0.25, 0.3) is 5.56 Å². The second kappa shape index (κ2) is 9.74. The number of fused-ring (bicyclic) bond motifs is 2. The van der Waals surface area contributed by atoms with E-state index in [-0.39, 0.29) is 17.1 Å². The maximum absolute atomic E-state index is 13.1. The number of benzene rings is 2. The number of nitrogens with zero attached hydrogens (tertiary/aromatic N) is 2. The molecule has 1 atom stereocenters. The summed E-state index contributed by atoms with van der Waals surface area (Å²) < 4.78 is 23.9. The third kappa shape index (κ3) is 3.91. The van der Waals surface area contributed by atoms with Crippen LogP contribution >= 0.6 is 7.52 Å². The molecule has 2 N–H and O–H groups in total. The van der Waals surface area contributed by atoms with Gasteiger partial charge in [-0.15, -0.1) is 0 Å². The summed E-state index contributed by atoms with van der Waals surface area (Å²) in [6, 6.07) is 13.9. The van der Waals surface area contributed by atoms with E-state index < -0.39 is 13.1 Å². The molecule has 1 aromatic heterocycles. The molecule has 0 amide bonds. The Morgan fingerprint density at radius 1 is 1.03 bits per heavy atom. The molecule has 1 aliphatic rings. The van der Waals surface area contributed by atoms with Crippen molar-refractivity contribution in [2.24, 2.45) is 11.8 Å². The van der Waals surface area contributed by atoms with Crippen molar-refractivity contribution in [3.8, 4) is 5.75 Å². The van der Waals surface area contributed by atoms with Crippen LogP contribution in [-0.4, -0.2) is 22.6 Å². The van der Waals surface area contributed by atoms with E-state index in [4.69, 9.17) is 4.52 Å². The second-order valence-electron chi connectivity index (χ2n) is 5.90. The van der Waals surface area contributed by atoms with Gasteiger partial charge in [-0.1, -0.05) is 52.0 Å². The Labute approximate surface area is 176 Å². The van der Waals surface area contributed by atoms with Gasteiger partial charge in [0.1, 0.15) is 11.3 Å². The first-order chi connectivity index (χ1) is 14.5. The summed E-state index contributed by atoms with van der Waals surface area (Å²) in [5.74, 6) is -0.185. The zero-order valence-electron chi connectivity index (χ0n) is 18.1. The van der Waals surface area contributed by atoms with Crippen LogP contribution in [0.2, 0.25) is 0 Å². The molecular formula is C22H28N3O4P.